The van der Waals surface area contributed by atoms with Crippen LogP contribution in [0.2, 0.25) is 0 Å². The quantitative estimate of drug-likeness (QED) is 0.915. The molecule has 0 aliphatic rings. The van der Waals surface area contributed by atoms with E-state index in [9.17, 15) is 4.79 Å². The molecule has 1 atom stereocenters. The van der Waals surface area contributed by atoms with Gasteiger partial charge in [0.15, 0.2) is 0 Å². The third-order valence-corrected chi connectivity index (χ3v) is 3.70. The lowest BCUT2D eigenvalue weighted by atomic mass is 10.3. The average Bonchev–Trinajstić information content (AvgIpc) is 2.87. The SMILES string of the molecule is CC(NC(=O)c1ccc(Br)s1)c1ncc[nH]1. The number of thiophene rings is 1. The van der Waals surface area contributed by atoms with Crippen molar-refractivity contribution in [2.24, 2.45) is 0 Å². The highest BCUT2D eigenvalue weighted by molar-refractivity contribution is 9.11. The van der Waals surface area contributed by atoms with Crippen molar-refractivity contribution in [3.05, 3.63) is 39.0 Å². The Morgan fingerprint density at radius 1 is 1.62 bits per heavy atom. The van der Waals surface area contributed by atoms with Crippen LogP contribution in [0.1, 0.15) is 28.5 Å². The summed E-state index contributed by atoms with van der Waals surface area (Å²) < 4.78 is 0.948. The van der Waals surface area contributed by atoms with E-state index in [0.717, 1.165) is 9.61 Å². The molecule has 0 aliphatic heterocycles. The zero-order chi connectivity index (χ0) is 11.5. The number of imidazole rings is 1. The molecular formula is C10H10BrN3OS. The second-order valence-corrected chi connectivity index (χ2v) is 5.74. The molecule has 4 nitrogen and oxygen atoms in total. The fraction of sp³-hybridized carbons (Fsp3) is 0.200. The summed E-state index contributed by atoms with van der Waals surface area (Å²) in [5.41, 5.74) is 0. The maximum atomic E-state index is 11.8. The van der Waals surface area contributed by atoms with Gasteiger partial charge in [0.05, 0.1) is 14.7 Å². The molecule has 2 rings (SSSR count). The average molecular weight is 300 g/mol. The van der Waals surface area contributed by atoms with Crippen molar-refractivity contribution in [2.45, 2.75) is 13.0 Å². The van der Waals surface area contributed by atoms with E-state index in [4.69, 9.17) is 0 Å². The third-order valence-electron chi connectivity index (χ3n) is 2.07. The van der Waals surface area contributed by atoms with Gasteiger partial charge in [-0.05, 0) is 35.0 Å². The van der Waals surface area contributed by atoms with Crippen LogP contribution in [-0.2, 0) is 0 Å². The Balaban J connectivity index is 2.03. The number of carbonyl (C=O) groups excluding carboxylic acids is 1. The van der Waals surface area contributed by atoms with E-state index in [0.29, 0.717) is 4.88 Å². The van der Waals surface area contributed by atoms with E-state index in [1.165, 1.54) is 11.3 Å². The third kappa shape index (κ3) is 2.51. The van der Waals surface area contributed by atoms with Crippen molar-refractivity contribution in [1.82, 2.24) is 15.3 Å². The van der Waals surface area contributed by atoms with Crippen LogP contribution in [0.3, 0.4) is 0 Å². The lowest BCUT2D eigenvalue weighted by molar-refractivity contribution is 0.0942. The number of aromatic nitrogens is 2. The van der Waals surface area contributed by atoms with Gasteiger partial charge in [0.2, 0.25) is 0 Å². The van der Waals surface area contributed by atoms with Gasteiger partial charge in [0.1, 0.15) is 5.82 Å². The zero-order valence-electron chi connectivity index (χ0n) is 8.53. The maximum Gasteiger partial charge on any atom is 0.261 e. The van der Waals surface area contributed by atoms with Crippen molar-refractivity contribution < 1.29 is 4.79 Å². The number of carbonyl (C=O) groups is 1. The Hall–Kier alpha value is -1.14. The molecule has 2 N–H and O–H groups in total. The molecule has 1 unspecified atom stereocenters. The lowest BCUT2D eigenvalue weighted by Crippen LogP contribution is -2.26. The van der Waals surface area contributed by atoms with Crippen LogP contribution in [0.5, 0.6) is 0 Å². The summed E-state index contributed by atoms with van der Waals surface area (Å²) in [7, 11) is 0. The number of nitrogens with one attached hydrogen (secondary N) is 2. The summed E-state index contributed by atoms with van der Waals surface area (Å²) in [4.78, 5) is 19.5. The predicted octanol–water partition coefficient (Wildman–Crippen LogP) is 2.72. The molecule has 1 amide bonds. The molecule has 16 heavy (non-hydrogen) atoms. The Kier molecular flexibility index (Phi) is 3.40. The first-order valence-corrected chi connectivity index (χ1v) is 6.33. The molecule has 0 radical (unpaired) electrons. The van der Waals surface area contributed by atoms with Crippen molar-refractivity contribution in [2.75, 3.05) is 0 Å². The molecule has 2 heterocycles. The Labute approximate surface area is 105 Å². The van der Waals surface area contributed by atoms with Crippen LogP contribution in [0.25, 0.3) is 0 Å². The van der Waals surface area contributed by atoms with Crippen molar-refractivity contribution in [3.8, 4) is 0 Å². The van der Waals surface area contributed by atoms with E-state index < -0.39 is 0 Å². The first kappa shape index (κ1) is 11.3. The molecule has 2 aromatic rings. The first-order chi connectivity index (χ1) is 7.66. The number of aromatic amines is 1. The van der Waals surface area contributed by atoms with Crippen molar-refractivity contribution >= 4 is 33.2 Å². The van der Waals surface area contributed by atoms with Crippen molar-refractivity contribution in [1.29, 1.82) is 0 Å². The predicted molar refractivity (Wildman–Crippen MR) is 66.5 cm³/mol. The van der Waals surface area contributed by atoms with E-state index in [-0.39, 0.29) is 11.9 Å². The Morgan fingerprint density at radius 2 is 2.44 bits per heavy atom. The number of hydrogen-bond acceptors (Lipinski definition) is 3. The summed E-state index contributed by atoms with van der Waals surface area (Å²) in [6, 6.07) is 3.53. The smallest absolute Gasteiger partial charge is 0.261 e. The number of nitrogens with zero attached hydrogens (tertiary/aromatic N) is 1. The minimum absolute atomic E-state index is 0.0837. The molecule has 0 fully saturated rings. The second-order valence-electron chi connectivity index (χ2n) is 3.27. The van der Waals surface area contributed by atoms with Gasteiger partial charge in [-0.3, -0.25) is 4.79 Å². The number of rotatable bonds is 3. The van der Waals surface area contributed by atoms with Gasteiger partial charge >= 0.3 is 0 Å². The van der Waals surface area contributed by atoms with Gasteiger partial charge in [-0.15, -0.1) is 11.3 Å². The Morgan fingerprint density at radius 3 is 3.00 bits per heavy atom. The van der Waals surface area contributed by atoms with Gasteiger partial charge in [-0.25, -0.2) is 4.98 Å². The number of halogens is 1. The van der Waals surface area contributed by atoms with Crippen molar-refractivity contribution in [3.63, 3.8) is 0 Å². The molecule has 0 spiro atoms. The largest absolute Gasteiger partial charge is 0.347 e. The molecule has 0 saturated heterocycles. The van der Waals surface area contributed by atoms with Crippen LogP contribution >= 0.6 is 27.3 Å². The van der Waals surface area contributed by atoms with Gasteiger partial charge in [-0.1, -0.05) is 0 Å². The fourth-order valence-corrected chi connectivity index (χ4v) is 2.58. The number of hydrogen-bond donors (Lipinski definition) is 2. The summed E-state index contributed by atoms with van der Waals surface area (Å²) in [5.74, 6) is 0.670. The van der Waals surface area contributed by atoms with Gasteiger partial charge in [0.25, 0.3) is 5.91 Å². The highest BCUT2D eigenvalue weighted by Crippen LogP contribution is 2.22. The second kappa shape index (κ2) is 4.80. The number of H-pyrrole nitrogens is 1. The Bertz CT molecular complexity index is 480. The summed E-state index contributed by atoms with van der Waals surface area (Å²) in [6.07, 6.45) is 3.40. The van der Waals surface area contributed by atoms with Crippen LogP contribution in [0.4, 0.5) is 0 Å². The topological polar surface area (TPSA) is 57.8 Å². The minimum Gasteiger partial charge on any atom is -0.347 e. The molecule has 6 heteroatoms. The molecule has 84 valence electrons. The van der Waals surface area contributed by atoms with Crippen LogP contribution in [0, 0.1) is 0 Å². The van der Waals surface area contributed by atoms with E-state index in [1.807, 2.05) is 13.0 Å². The summed E-state index contributed by atoms with van der Waals surface area (Å²) in [6.45, 7) is 1.89. The first-order valence-electron chi connectivity index (χ1n) is 4.72. The standard InChI is InChI=1S/C10H10BrN3OS/c1-6(9-12-4-5-13-9)14-10(15)7-2-3-8(11)16-7/h2-6H,1H3,(H,12,13)(H,14,15). The molecule has 0 aliphatic carbocycles. The fourth-order valence-electron chi connectivity index (χ4n) is 1.29. The van der Waals surface area contributed by atoms with Gasteiger partial charge in [0, 0.05) is 12.4 Å². The van der Waals surface area contributed by atoms with Crippen LogP contribution < -0.4 is 5.32 Å². The van der Waals surface area contributed by atoms with Gasteiger partial charge < -0.3 is 10.3 Å². The molecular weight excluding hydrogens is 290 g/mol. The molecule has 0 bridgehead atoms. The molecule has 0 saturated carbocycles. The summed E-state index contributed by atoms with van der Waals surface area (Å²) >= 11 is 4.73. The normalized spacial score (nSPS) is 12.4. The molecule has 2 aromatic heterocycles. The summed E-state index contributed by atoms with van der Waals surface area (Å²) in [5, 5.41) is 2.87. The van der Waals surface area contributed by atoms with Crippen LogP contribution in [0.15, 0.2) is 28.3 Å². The lowest BCUT2D eigenvalue weighted by Gasteiger charge is -2.09. The van der Waals surface area contributed by atoms with E-state index in [1.54, 1.807) is 18.5 Å². The van der Waals surface area contributed by atoms with Crippen LogP contribution in [-0.4, -0.2) is 15.9 Å². The van der Waals surface area contributed by atoms with Gasteiger partial charge in [-0.2, -0.15) is 0 Å². The minimum atomic E-state index is -0.122. The zero-order valence-corrected chi connectivity index (χ0v) is 10.9. The highest BCUT2D eigenvalue weighted by Gasteiger charge is 2.14. The van der Waals surface area contributed by atoms with E-state index >= 15 is 0 Å². The van der Waals surface area contributed by atoms with E-state index in [2.05, 4.69) is 31.2 Å². The molecule has 0 aromatic carbocycles. The maximum absolute atomic E-state index is 11.8. The monoisotopic (exact) mass is 299 g/mol. The number of amides is 1. The highest BCUT2D eigenvalue weighted by atomic mass is 79.9.